The van der Waals surface area contributed by atoms with Gasteiger partial charge in [-0.05, 0) is 56.9 Å². The van der Waals surface area contributed by atoms with E-state index in [-0.39, 0.29) is 36.0 Å². The maximum atomic E-state index is 13.4. The zero-order valence-corrected chi connectivity index (χ0v) is 24.3. The van der Waals surface area contributed by atoms with Gasteiger partial charge in [-0.3, -0.25) is 14.9 Å². The Balaban J connectivity index is 1.63. The molecule has 1 atom stereocenters. The number of non-ortho nitro benzene ring substituents is 1. The molecule has 2 aromatic rings. The summed E-state index contributed by atoms with van der Waals surface area (Å²) in [5.41, 5.74) is 2.66. The third-order valence-electron chi connectivity index (χ3n) is 6.52. The number of dihydropyridines is 1. The second kappa shape index (κ2) is 15.4. The molecule has 11 nitrogen and oxygen atoms in total. The van der Waals surface area contributed by atoms with Crippen molar-refractivity contribution >= 4 is 23.6 Å². The van der Waals surface area contributed by atoms with Gasteiger partial charge < -0.3 is 24.3 Å². The standard InChI is InChI=1S/C31H36N2O9/c1-5-39-30(35)27-20(2)32-21(3)28(29(27)24-10-6-11-25(19-24)33(37)38)31(36)42-18-8-17-41-26-14-12-23(13-15-26)9-7-16-40-22(4)34/h6,10-15,19,29,32H,5,7-9,16-18H2,1-4H3. The highest BCUT2D eigenvalue weighted by atomic mass is 16.6. The SMILES string of the molecule is CCOC(=O)C1=C(C)NC(C)=C(C(=O)OCCCOc2ccc(CCCOC(C)=O)cc2)C1c1cccc([N+](=O)[O-])c1. The molecule has 0 saturated heterocycles. The molecule has 11 heteroatoms. The Morgan fingerprint density at radius 2 is 1.52 bits per heavy atom. The van der Waals surface area contributed by atoms with Crippen molar-refractivity contribution < 1.29 is 38.3 Å². The van der Waals surface area contributed by atoms with E-state index in [9.17, 15) is 24.5 Å². The monoisotopic (exact) mass is 580 g/mol. The number of nitro benzene ring substituents is 1. The first-order chi connectivity index (χ1) is 20.1. The van der Waals surface area contributed by atoms with Crippen LogP contribution in [0.25, 0.3) is 0 Å². The minimum atomic E-state index is -0.915. The molecule has 3 rings (SSSR count). The van der Waals surface area contributed by atoms with E-state index in [0.29, 0.717) is 42.3 Å². The number of esters is 3. The van der Waals surface area contributed by atoms with Crippen LogP contribution in [0.15, 0.2) is 71.1 Å². The molecule has 1 N–H and O–H groups in total. The van der Waals surface area contributed by atoms with Crippen LogP contribution in [0.4, 0.5) is 5.69 Å². The molecule has 1 heterocycles. The molecule has 2 aromatic carbocycles. The lowest BCUT2D eigenvalue weighted by molar-refractivity contribution is -0.384. The largest absolute Gasteiger partial charge is 0.493 e. The molecule has 0 fully saturated rings. The van der Waals surface area contributed by atoms with Gasteiger partial charge in [0.2, 0.25) is 0 Å². The average Bonchev–Trinajstić information content (AvgIpc) is 2.95. The van der Waals surface area contributed by atoms with Gasteiger partial charge in [0.1, 0.15) is 5.75 Å². The van der Waals surface area contributed by atoms with Crippen LogP contribution >= 0.6 is 0 Å². The number of ether oxygens (including phenoxy) is 4. The summed E-state index contributed by atoms with van der Waals surface area (Å²) >= 11 is 0. The highest BCUT2D eigenvalue weighted by Crippen LogP contribution is 2.40. The Bertz CT molecular complexity index is 1360. The lowest BCUT2D eigenvalue weighted by Gasteiger charge is -2.30. The van der Waals surface area contributed by atoms with Crippen LogP contribution in [0.1, 0.15) is 57.6 Å². The van der Waals surface area contributed by atoms with Crippen LogP contribution in [0.3, 0.4) is 0 Å². The molecule has 0 bridgehead atoms. The second-order valence-corrected chi connectivity index (χ2v) is 9.63. The number of aryl methyl sites for hydroxylation is 1. The zero-order chi connectivity index (χ0) is 30.6. The van der Waals surface area contributed by atoms with E-state index in [2.05, 4.69) is 5.32 Å². The molecular formula is C31H36N2O9. The van der Waals surface area contributed by atoms with Crippen molar-refractivity contribution in [2.45, 2.75) is 52.9 Å². The Labute approximate surface area is 244 Å². The van der Waals surface area contributed by atoms with Gasteiger partial charge in [-0.15, -0.1) is 0 Å². The quantitative estimate of drug-likeness (QED) is 0.108. The predicted molar refractivity (Wildman–Crippen MR) is 153 cm³/mol. The molecule has 1 aliphatic heterocycles. The van der Waals surface area contributed by atoms with Crippen LogP contribution < -0.4 is 10.1 Å². The Morgan fingerprint density at radius 1 is 0.881 bits per heavy atom. The smallest absolute Gasteiger partial charge is 0.336 e. The van der Waals surface area contributed by atoms with Gasteiger partial charge in [0, 0.05) is 36.9 Å². The number of nitrogens with one attached hydrogen (secondary N) is 1. The number of nitro groups is 1. The number of rotatable bonds is 14. The minimum Gasteiger partial charge on any atom is -0.493 e. The van der Waals surface area contributed by atoms with Gasteiger partial charge >= 0.3 is 17.9 Å². The van der Waals surface area contributed by atoms with E-state index in [1.54, 1.807) is 26.8 Å². The fraction of sp³-hybridized carbons (Fsp3) is 0.387. The Morgan fingerprint density at radius 3 is 2.14 bits per heavy atom. The zero-order valence-electron chi connectivity index (χ0n) is 24.3. The predicted octanol–water partition coefficient (Wildman–Crippen LogP) is 4.90. The van der Waals surface area contributed by atoms with Crippen molar-refractivity contribution in [3.63, 3.8) is 0 Å². The Kier molecular flexibility index (Phi) is 11.7. The number of allylic oxidation sites excluding steroid dienone is 2. The number of benzene rings is 2. The molecule has 224 valence electrons. The number of hydrogen-bond acceptors (Lipinski definition) is 10. The van der Waals surface area contributed by atoms with Crippen molar-refractivity contribution in [2.24, 2.45) is 0 Å². The number of carbonyl (C=O) groups is 3. The lowest BCUT2D eigenvalue weighted by atomic mass is 9.80. The summed E-state index contributed by atoms with van der Waals surface area (Å²) in [4.78, 5) is 48.1. The first kappa shape index (κ1) is 31.9. The van der Waals surface area contributed by atoms with E-state index in [1.165, 1.54) is 25.1 Å². The summed E-state index contributed by atoms with van der Waals surface area (Å²) in [7, 11) is 0. The molecule has 0 spiro atoms. The van der Waals surface area contributed by atoms with E-state index in [4.69, 9.17) is 18.9 Å². The number of hydrogen-bond donors (Lipinski definition) is 1. The summed E-state index contributed by atoms with van der Waals surface area (Å²) in [6.07, 6.45) is 1.92. The maximum absolute atomic E-state index is 13.4. The van der Waals surface area contributed by atoms with Crippen LogP contribution in [-0.4, -0.2) is 49.3 Å². The lowest BCUT2D eigenvalue weighted by Crippen LogP contribution is -2.32. The molecule has 0 aliphatic carbocycles. The van der Waals surface area contributed by atoms with Crippen LogP contribution in [-0.2, 0) is 35.0 Å². The van der Waals surface area contributed by atoms with E-state index in [1.807, 2.05) is 24.3 Å². The number of nitrogens with zero attached hydrogens (tertiary/aromatic N) is 1. The molecule has 0 aromatic heterocycles. The maximum Gasteiger partial charge on any atom is 0.336 e. The topological polar surface area (TPSA) is 143 Å². The van der Waals surface area contributed by atoms with Crippen molar-refractivity contribution in [3.05, 3.63) is 92.3 Å². The van der Waals surface area contributed by atoms with Gasteiger partial charge in [-0.25, -0.2) is 9.59 Å². The molecular weight excluding hydrogens is 544 g/mol. The Hall–Kier alpha value is -4.67. The van der Waals surface area contributed by atoms with Crippen molar-refractivity contribution in [3.8, 4) is 5.75 Å². The van der Waals surface area contributed by atoms with E-state index < -0.39 is 22.8 Å². The third-order valence-corrected chi connectivity index (χ3v) is 6.52. The van der Waals surface area contributed by atoms with E-state index in [0.717, 1.165) is 18.4 Å². The molecule has 1 aliphatic rings. The number of carbonyl (C=O) groups excluding carboxylic acids is 3. The summed E-state index contributed by atoms with van der Waals surface area (Å²) < 4.78 is 21.5. The van der Waals surface area contributed by atoms with Gasteiger partial charge in [0.05, 0.1) is 48.4 Å². The van der Waals surface area contributed by atoms with Crippen molar-refractivity contribution in [1.82, 2.24) is 5.32 Å². The summed E-state index contributed by atoms with van der Waals surface area (Å²) in [5.74, 6) is -1.81. The van der Waals surface area contributed by atoms with Gasteiger partial charge in [-0.1, -0.05) is 24.3 Å². The van der Waals surface area contributed by atoms with Crippen molar-refractivity contribution in [2.75, 3.05) is 26.4 Å². The van der Waals surface area contributed by atoms with Crippen LogP contribution in [0.5, 0.6) is 5.75 Å². The first-order valence-corrected chi connectivity index (χ1v) is 13.7. The molecule has 0 radical (unpaired) electrons. The fourth-order valence-corrected chi connectivity index (χ4v) is 4.63. The second-order valence-electron chi connectivity index (χ2n) is 9.63. The van der Waals surface area contributed by atoms with Gasteiger partial charge in [-0.2, -0.15) is 0 Å². The van der Waals surface area contributed by atoms with E-state index >= 15 is 0 Å². The third kappa shape index (κ3) is 8.66. The normalized spacial score (nSPS) is 14.6. The highest BCUT2D eigenvalue weighted by molar-refractivity contribution is 6.00. The summed E-state index contributed by atoms with van der Waals surface area (Å²) in [6.45, 7) is 7.30. The summed E-state index contributed by atoms with van der Waals surface area (Å²) in [5, 5.41) is 14.5. The van der Waals surface area contributed by atoms with Crippen molar-refractivity contribution in [1.29, 1.82) is 0 Å². The fourth-order valence-electron chi connectivity index (χ4n) is 4.63. The first-order valence-electron chi connectivity index (χ1n) is 13.7. The van der Waals surface area contributed by atoms with Gasteiger partial charge in [0.25, 0.3) is 5.69 Å². The van der Waals surface area contributed by atoms with Crippen LogP contribution in [0, 0.1) is 10.1 Å². The van der Waals surface area contributed by atoms with Crippen LogP contribution in [0.2, 0.25) is 0 Å². The molecule has 1 unspecified atom stereocenters. The highest BCUT2D eigenvalue weighted by Gasteiger charge is 2.38. The average molecular weight is 581 g/mol. The van der Waals surface area contributed by atoms with Gasteiger partial charge in [0.15, 0.2) is 0 Å². The molecule has 0 amide bonds. The minimum absolute atomic E-state index is 0.0585. The summed E-state index contributed by atoms with van der Waals surface area (Å²) in [6, 6.07) is 13.4. The molecule has 42 heavy (non-hydrogen) atoms. The molecule has 0 saturated carbocycles.